The number of nitrogens with zero attached hydrogens (tertiary/aromatic N) is 1. The van der Waals surface area contributed by atoms with Gasteiger partial charge in [-0.2, -0.15) is 0 Å². The molecule has 2 saturated carbocycles. The van der Waals surface area contributed by atoms with Gasteiger partial charge < -0.3 is 15.5 Å². The van der Waals surface area contributed by atoms with E-state index < -0.39 is 0 Å². The molecule has 2 atom stereocenters. The number of amides is 1. The normalized spacial score (nSPS) is 33.6. The summed E-state index contributed by atoms with van der Waals surface area (Å²) in [6, 6.07) is 1.24. The van der Waals surface area contributed by atoms with E-state index in [1.165, 1.54) is 64.5 Å². The standard InChI is InChI=1S/C20H35N3O.2ClH/c24-19(20-11-5-4-6-16(20)14-21-15-20)22-17-9-12-23(13-10-17)18-7-2-1-3-8-18;;/h16-18,21H,1-15H2,(H,22,24);2*1H/t16-,20+;;/m0../s1. The summed E-state index contributed by atoms with van der Waals surface area (Å²) in [7, 11) is 0. The molecule has 2 N–H and O–H groups in total. The lowest BCUT2D eigenvalue weighted by molar-refractivity contribution is -0.135. The van der Waals surface area contributed by atoms with Crippen LogP contribution in [0.15, 0.2) is 0 Å². The number of fused-ring (bicyclic) bond motifs is 1. The molecule has 4 nitrogen and oxygen atoms in total. The van der Waals surface area contributed by atoms with Gasteiger partial charge in [-0.25, -0.2) is 0 Å². The van der Waals surface area contributed by atoms with Gasteiger partial charge in [0.25, 0.3) is 0 Å². The number of halogens is 2. The molecule has 0 bridgehead atoms. The van der Waals surface area contributed by atoms with Gasteiger partial charge in [-0.15, -0.1) is 24.8 Å². The van der Waals surface area contributed by atoms with Crippen LogP contribution in [0.25, 0.3) is 0 Å². The molecule has 0 aromatic rings. The third-order valence-electron chi connectivity index (χ3n) is 7.45. The molecule has 4 rings (SSSR count). The smallest absolute Gasteiger partial charge is 0.228 e. The molecular weight excluding hydrogens is 369 g/mol. The lowest BCUT2D eigenvalue weighted by Crippen LogP contribution is -2.54. The molecule has 0 radical (unpaired) electrons. The van der Waals surface area contributed by atoms with Crippen molar-refractivity contribution in [3.8, 4) is 0 Å². The maximum atomic E-state index is 13.1. The predicted octanol–water partition coefficient (Wildman–Crippen LogP) is 3.52. The van der Waals surface area contributed by atoms with E-state index in [1.807, 2.05) is 0 Å². The number of carbonyl (C=O) groups is 1. The van der Waals surface area contributed by atoms with Gasteiger partial charge in [-0.05, 0) is 51.0 Å². The van der Waals surface area contributed by atoms with E-state index in [4.69, 9.17) is 0 Å². The Hall–Kier alpha value is -0.0300. The Balaban J connectivity index is 0.00000121. The summed E-state index contributed by atoms with van der Waals surface area (Å²) in [6.07, 6.45) is 14.2. The first-order valence-corrected chi connectivity index (χ1v) is 10.5. The van der Waals surface area contributed by atoms with Crippen LogP contribution >= 0.6 is 24.8 Å². The van der Waals surface area contributed by atoms with Crippen molar-refractivity contribution in [2.75, 3.05) is 26.2 Å². The van der Waals surface area contributed by atoms with Crippen molar-refractivity contribution < 1.29 is 4.79 Å². The van der Waals surface area contributed by atoms with E-state index in [0.717, 1.165) is 38.4 Å². The number of rotatable bonds is 3. The molecule has 0 aromatic heterocycles. The minimum Gasteiger partial charge on any atom is -0.353 e. The topological polar surface area (TPSA) is 44.4 Å². The first kappa shape index (κ1) is 22.3. The second-order valence-corrected chi connectivity index (χ2v) is 8.81. The van der Waals surface area contributed by atoms with E-state index in [0.29, 0.717) is 17.9 Å². The molecule has 2 saturated heterocycles. The van der Waals surface area contributed by atoms with Crippen molar-refractivity contribution in [3.05, 3.63) is 0 Å². The zero-order valence-corrected chi connectivity index (χ0v) is 17.6. The van der Waals surface area contributed by atoms with E-state index in [2.05, 4.69) is 15.5 Å². The fourth-order valence-electron chi connectivity index (χ4n) is 5.87. The summed E-state index contributed by atoms with van der Waals surface area (Å²) in [5.74, 6) is 0.946. The second-order valence-electron chi connectivity index (χ2n) is 8.81. The second kappa shape index (κ2) is 9.95. The Kier molecular flexibility index (Phi) is 8.52. The Labute approximate surface area is 171 Å². The third-order valence-corrected chi connectivity index (χ3v) is 7.45. The summed E-state index contributed by atoms with van der Waals surface area (Å²) in [5.41, 5.74) is -0.0846. The number of hydrogen-bond donors (Lipinski definition) is 2. The number of nitrogens with one attached hydrogen (secondary N) is 2. The largest absolute Gasteiger partial charge is 0.353 e. The Morgan fingerprint density at radius 2 is 1.62 bits per heavy atom. The predicted molar refractivity (Wildman–Crippen MR) is 111 cm³/mol. The quantitative estimate of drug-likeness (QED) is 0.754. The fourth-order valence-corrected chi connectivity index (χ4v) is 5.87. The van der Waals surface area contributed by atoms with Crippen molar-refractivity contribution in [1.82, 2.24) is 15.5 Å². The van der Waals surface area contributed by atoms with E-state index in [1.54, 1.807) is 0 Å². The average Bonchev–Trinajstić information content (AvgIpc) is 3.08. The highest BCUT2D eigenvalue weighted by Crippen LogP contribution is 2.44. The number of carbonyl (C=O) groups excluding carboxylic acids is 1. The first-order chi connectivity index (χ1) is 11.8. The molecule has 2 heterocycles. The summed E-state index contributed by atoms with van der Waals surface area (Å²) < 4.78 is 0. The minimum absolute atomic E-state index is 0. The number of hydrogen-bond acceptors (Lipinski definition) is 3. The highest BCUT2D eigenvalue weighted by Gasteiger charge is 2.50. The molecule has 1 amide bonds. The van der Waals surface area contributed by atoms with Crippen LogP contribution in [0.1, 0.15) is 70.6 Å². The van der Waals surface area contributed by atoms with Crippen molar-refractivity contribution in [1.29, 1.82) is 0 Å². The van der Waals surface area contributed by atoms with Crippen LogP contribution in [0.5, 0.6) is 0 Å². The summed E-state index contributed by atoms with van der Waals surface area (Å²) >= 11 is 0. The summed E-state index contributed by atoms with van der Waals surface area (Å²) in [6.45, 7) is 4.33. The molecule has 0 spiro atoms. The molecule has 6 heteroatoms. The van der Waals surface area contributed by atoms with Crippen molar-refractivity contribution in [2.45, 2.75) is 82.7 Å². The number of likely N-dealkylation sites (tertiary alicyclic amines) is 1. The first-order valence-electron chi connectivity index (χ1n) is 10.5. The van der Waals surface area contributed by atoms with Crippen LogP contribution in [-0.4, -0.2) is 49.1 Å². The zero-order chi connectivity index (χ0) is 16.4. The number of piperidine rings is 1. The lowest BCUT2D eigenvalue weighted by atomic mass is 9.67. The van der Waals surface area contributed by atoms with E-state index in [-0.39, 0.29) is 30.2 Å². The van der Waals surface area contributed by atoms with Crippen LogP contribution in [0.2, 0.25) is 0 Å². The highest BCUT2D eigenvalue weighted by molar-refractivity contribution is 5.85. The Morgan fingerprint density at radius 1 is 0.923 bits per heavy atom. The maximum Gasteiger partial charge on any atom is 0.228 e. The van der Waals surface area contributed by atoms with Gasteiger partial charge in [0, 0.05) is 31.7 Å². The van der Waals surface area contributed by atoms with Crippen LogP contribution < -0.4 is 10.6 Å². The molecule has 4 fully saturated rings. The van der Waals surface area contributed by atoms with Crippen LogP contribution in [-0.2, 0) is 4.79 Å². The van der Waals surface area contributed by atoms with Gasteiger partial charge >= 0.3 is 0 Å². The molecule has 2 aliphatic carbocycles. The molecule has 2 aliphatic heterocycles. The molecular formula is C20H37Cl2N3O. The fraction of sp³-hybridized carbons (Fsp3) is 0.950. The van der Waals surface area contributed by atoms with Gasteiger partial charge in [0.1, 0.15) is 0 Å². The minimum atomic E-state index is -0.0846. The molecule has 0 aromatic carbocycles. The van der Waals surface area contributed by atoms with Gasteiger partial charge in [-0.3, -0.25) is 4.79 Å². The monoisotopic (exact) mass is 405 g/mol. The summed E-state index contributed by atoms with van der Waals surface area (Å²) in [5, 5.41) is 6.97. The average molecular weight is 406 g/mol. The maximum absolute atomic E-state index is 13.1. The third kappa shape index (κ3) is 4.51. The Bertz CT molecular complexity index is 450. The highest BCUT2D eigenvalue weighted by atomic mass is 35.5. The molecule has 26 heavy (non-hydrogen) atoms. The van der Waals surface area contributed by atoms with Crippen LogP contribution in [0, 0.1) is 11.3 Å². The molecule has 0 unspecified atom stereocenters. The molecule has 152 valence electrons. The Morgan fingerprint density at radius 3 is 2.35 bits per heavy atom. The van der Waals surface area contributed by atoms with Crippen LogP contribution in [0.4, 0.5) is 0 Å². The van der Waals surface area contributed by atoms with Gasteiger partial charge in [0.05, 0.1) is 5.41 Å². The molecule has 4 aliphatic rings. The van der Waals surface area contributed by atoms with Gasteiger partial charge in [0.15, 0.2) is 0 Å². The van der Waals surface area contributed by atoms with E-state index in [9.17, 15) is 4.79 Å². The van der Waals surface area contributed by atoms with Gasteiger partial charge in [-0.1, -0.05) is 32.1 Å². The zero-order valence-electron chi connectivity index (χ0n) is 16.0. The lowest BCUT2D eigenvalue weighted by Gasteiger charge is -2.42. The van der Waals surface area contributed by atoms with Crippen molar-refractivity contribution >= 4 is 30.7 Å². The van der Waals surface area contributed by atoms with E-state index >= 15 is 0 Å². The van der Waals surface area contributed by atoms with Crippen molar-refractivity contribution in [3.63, 3.8) is 0 Å². The van der Waals surface area contributed by atoms with Crippen molar-refractivity contribution in [2.24, 2.45) is 11.3 Å². The van der Waals surface area contributed by atoms with Gasteiger partial charge in [0.2, 0.25) is 5.91 Å². The SMILES string of the molecule is Cl.Cl.O=C(NC1CCN(C2CCCCC2)CC1)[C@@]12CCCC[C@H]1CNC2. The van der Waals surface area contributed by atoms with Crippen LogP contribution in [0.3, 0.4) is 0 Å². The summed E-state index contributed by atoms with van der Waals surface area (Å²) in [4.78, 5) is 15.8.